The maximum atomic E-state index is 9.12. The van der Waals surface area contributed by atoms with E-state index >= 15 is 0 Å². The lowest BCUT2D eigenvalue weighted by atomic mass is 10.1. The zero-order chi connectivity index (χ0) is 13.4. The minimum atomic E-state index is 0.0736. The van der Waals surface area contributed by atoms with Gasteiger partial charge in [0.2, 0.25) is 0 Å². The van der Waals surface area contributed by atoms with Crippen molar-refractivity contribution in [3.05, 3.63) is 28.8 Å². The standard InChI is InChI=1S/C14H18ClNO2/c1-3-7-18-14-6-5-12(15)8-11(14)9-16-13(4-2)10-17/h1,5-6,8,13,16-17H,4,7,9-10H2,2H3/t13-/m0/s1. The van der Waals surface area contributed by atoms with E-state index in [-0.39, 0.29) is 19.3 Å². The van der Waals surface area contributed by atoms with E-state index in [0.29, 0.717) is 11.6 Å². The first-order chi connectivity index (χ1) is 8.71. The Balaban J connectivity index is 2.72. The number of benzene rings is 1. The molecule has 18 heavy (non-hydrogen) atoms. The van der Waals surface area contributed by atoms with E-state index in [1.807, 2.05) is 13.0 Å². The van der Waals surface area contributed by atoms with Crippen molar-refractivity contribution in [3.63, 3.8) is 0 Å². The molecule has 0 bridgehead atoms. The molecule has 0 heterocycles. The minimum absolute atomic E-state index is 0.0736. The van der Waals surface area contributed by atoms with Crippen LogP contribution in [0.1, 0.15) is 18.9 Å². The number of hydrogen-bond acceptors (Lipinski definition) is 3. The summed E-state index contributed by atoms with van der Waals surface area (Å²) in [5.74, 6) is 3.15. The van der Waals surface area contributed by atoms with Crippen LogP contribution < -0.4 is 10.1 Å². The van der Waals surface area contributed by atoms with Crippen molar-refractivity contribution in [3.8, 4) is 18.1 Å². The van der Waals surface area contributed by atoms with Crippen LogP contribution in [0.4, 0.5) is 0 Å². The summed E-state index contributed by atoms with van der Waals surface area (Å²) >= 11 is 5.96. The Hall–Kier alpha value is -1.21. The van der Waals surface area contributed by atoms with Gasteiger partial charge in [-0.15, -0.1) is 6.42 Å². The molecule has 0 saturated carbocycles. The van der Waals surface area contributed by atoms with Gasteiger partial charge in [-0.1, -0.05) is 24.4 Å². The molecule has 0 spiro atoms. The number of nitrogens with one attached hydrogen (secondary N) is 1. The van der Waals surface area contributed by atoms with Crippen molar-refractivity contribution >= 4 is 11.6 Å². The van der Waals surface area contributed by atoms with Crippen LogP contribution in [0.3, 0.4) is 0 Å². The minimum Gasteiger partial charge on any atom is -0.481 e. The Labute approximate surface area is 113 Å². The number of terminal acetylenes is 1. The Kier molecular flexibility index (Phi) is 6.59. The van der Waals surface area contributed by atoms with Crippen LogP contribution in [0.2, 0.25) is 5.02 Å². The van der Waals surface area contributed by atoms with Gasteiger partial charge in [0.05, 0.1) is 6.61 Å². The van der Waals surface area contributed by atoms with Crippen LogP contribution >= 0.6 is 11.6 Å². The normalized spacial score (nSPS) is 11.9. The van der Waals surface area contributed by atoms with Crippen molar-refractivity contribution in [2.24, 2.45) is 0 Å². The van der Waals surface area contributed by atoms with E-state index in [9.17, 15) is 0 Å². The molecule has 0 radical (unpaired) electrons. The molecule has 0 unspecified atom stereocenters. The van der Waals surface area contributed by atoms with E-state index in [1.54, 1.807) is 12.1 Å². The van der Waals surface area contributed by atoms with Gasteiger partial charge in [0.15, 0.2) is 0 Å². The van der Waals surface area contributed by atoms with Gasteiger partial charge in [-0.2, -0.15) is 0 Å². The molecule has 2 N–H and O–H groups in total. The zero-order valence-corrected chi connectivity index (χ0v) is 11.2. The molecule has 0 fully saturated rings. The molecule has 1 aromatic rings. The number of aliphatic hydroxyl groups is 1. The molecule has 1 rings (SSSR count). The Morgan fingerprint density at radius 1 is 1.56 bits per heavy atom. The predicted molar refractivity (Wildman–Crippen MR) is 73.8 cm³/mol. The van der Waals surface area contributed by atoms with Crippen LogP contribution in [-0.4, -0.2) is 24.4 Å². The molecule has 0 amide bonds. The SMILES string of the molecule is C#CCOc1ccc(Cl)cc1CN[C@@H](CC)CO. The smallest absolute Gasteiger partial charge is 0.148 e. The van der Waals surface area contributed by atoms with E-state index in [0.717, 1.165) is 17.7 Å². The van der Waals surface area contributed by atoms with Crippen molar-refractivity contribution in [2.75, 3.05) is 13.2 Å². The van der Waals surface area contributed by atoms with E-state index in [1.165, 1.54) is 0 Å². The molecule has 0 aliphatic heterocycles. The van der Waals surface area contributed by atoms with Crippen LogP contribution in [0.15, 0.2) is 18.2 Å². The first-order valence-corrected chi connectivity index (χ1v) is 6.28. The highest BCUT2D eigenvalue weighted by atomic mass is 35.5. The summed E-state index contributed by atoms with van der Waals surface area (Å²) in [6.07, 6.45) is 6.03. The van der Waals surface area contributed by atoms with Gasteiger partial charge in [-0.25, -0.2) is 0 Å². The largest absolute Gasteiger partial charge is 0.481 e. The first kappa shape index (κ1) is 14.8. The Morgan fingerprint density at radius 3 is 2.94 bits per heavy atom. The molecule has 0 saturated heterocycles. The maximum absolute atomic E-state index is 9.12. The fourth-order valence-electron chi connectivity index (χ4n) is 1.54. The van der Waals surface area contributed by atoms with Crippen molar-refractivity contribution in [2.45, 2.75) is 25.9 Å². The molecule has 0 aliphatic carbocycles. The molecule has 98 valence electrons. The van der Waals surface area contributed by atoms with Gasteiger partial charge < -0.3 is 15.2 Å². The Bertz CT molecular complexity index is 411. The van der Waals surface area contributed by atoms with E-state index < -0.39 is 0 Å². The molecule has 3 nitrogen and oxygen atoms in total. The lowest BCUT2D eigenvalue weighted by Gasteiger charge is -2.16. The summed E-state index contributed by atoms with van der Waals surface area (Å²) in [5, 5.41) is 13.0. The number of hydrogen-bond donors (Lipinski definition) is 2. The first-order valence-electron chi connectivity index (χ1n) is 5.90. The van der Waals surface area contributed by atoms with Gasteiger partial charge in [-0.3, -0.25) is 0 Å². The summed E-state index contributed by atoms with van der Waals surface area (Å²) in [7, 11) is 0. The summed E-state index contributed by atoms with van der Waals surface area (Å²) in [5.41, 5.74) is 0.935. The van der Waals surface area contributed by atoms with Crippen LogP contribution in [0, 0.1) is 12.3 Å². The third kappa shape index (κ3) is 4.58. The summed E-state index contributed by atoms with van der Waals surface area (Å²) in [6.45, 7) is 2.94. The number of halogens is 1. The summed E-state index contributed by atoms with van der Waals surface area (Å²) in [6, 6.07) is 5.48. The third-order valence-electron chi connectivity index (χ3n) is 2.63. The highest BCUT2D eigenvalue weighted by molar-refractivity contribution is 6.30. The van der Waals surface area contributed by atoms with Crippen LogP contribution in [0.25, 0.3) is 0 Å². The molecule has 0 aliphatic rings. The second-order valence-corrected chi connectivity index (χ2v) is 4.35. The quantitative estimate of drug-likeness (QED) is 0.745. The molecule has 1 aromatic carbocycles. The highest BCUT2D eigenvalue weighted by Gasteiger charge is 2.08. The van der Waals surface area contributed by atoms with Crippen molar-refractivity contribution < 1.29 is 9.84 Å². The second-order valence-electron chi connectivity index (χ2n) is 3.91. The molecular weight excluding hydrogens is 250 g/mol. The average molecular weight is 268 g/mol. The van der Waals surface area contributed by atoms with Crippen LogP contribution in [0.5, 0.6) is 5.75 Å². The maximum Gasteiger partial charge on any atom is 0.148 e. The fourth-order valence-corrected chi connectivity index (χ4v) is 1.73. The van der Waals surface area contributed by atoms with Gasteiger partial charge in [0.1, 0.15) is 12.4 Å². The highest BCUT2D eigenvalue weighted by Crippen LogP contribution is 2.23. The molecule has 1 atom stereocenters. The number of aliphatic hydroxyl groups excluding tert-OH is 1. The number of ether oxygens (including phenoxy) is 1. The monoisotopic (exact) mass is 267 g/mol. The van der Waals surface area contributed by atoms with Gasteiger partial charge in [0.25, 0.3) is 0 Å². The van der Waals surface area contributed by atoms with E-state index in [4.69, 9.17) is 27.9 Å². The van der Waals surface area contributed by atoms with Crippen molar-refractivity contribution in [1.29, 1.82) is 0 Å². The average Bonchev–Trinajstić information content (AvgIpc) is 2.39. The second kappa shape index (κ2) is 7.99. The molecule has 0 aromatic heterocycles. The van der Waals surface area contributed by atoms with Gasteiger partial charge in [-0.05, 0) is 24.6 Å². The summed E-state index contributed by atoms with van der Waals surface area (Å²) in [4.78, 5) is 0. The molecular formula is C14H18ClNO2. The topological polar surface area (TPSA) is 41.5 Å². The predicted octanol–water partition coefficient (Wildman–Crippen LogP) is 2.21. The van der Waals surface area contributed by atoms with Crippen molar-refractivity contribution in [1.82, 2.24) is 5.32 Å². The zero-order valence-electron chi connectivity index (χ0n) is 10.4. The molecule has 4 heteroatoms. The third-order valence-corrected chi connectivity index (χ3v) is 2.86. The van der Waals surface area contributed by atoms with E-state index in [2.05, 4.69) is 11.2 Å². The van der Waals surface area contributed by atoms with Crippen LogP contribution in [-0.2, 0) is 6.54 Å². The number of rotatable bonds is 7. The Morgan fingerprint density at radius 2 is 2.33 bits per heavy atom. The summed E-state index contributed by atoms with van der Waals surface area (Å²) < 4.78 is 5.44. The lowest BCUT2D eigenvalue weighted by Crippen LogP contribution is -2.31. The van der Waals surface area contributed by atoms with Gasteiger partial charge >= 0.3 is 0 Å². The lowest BCUT2D eigenvalue weighted by molar-refractivity contribution is 0.237. The van der Waals surface area contributed by atoms with Gasteiger partial charge in [0, 0.05) is 23.2 Å². The fraction of sp³-hybridized carbons (Fsp3) is 0.429.